The van der Waals surface area contributed by atoms with Gasteiger partial charge in [-0.3, -0.25) is 4.79 Å². The first-order valence-corrected chi connectivity index (χ1v) is 4.10. The van der Waals surface area contributed by atoms with E-state index in [9.17, 15) is 4.79 Å². The Morgan fingerprint density at radius 2 is 2.31 bits per heavy atom. The molecule has 0 unspecified atom stereocenters. The quantitative estimate of drug-likeness (QED) is 0.712. The summed E-state index contributed by atoms with van der Waals surface area (Å²) in [5, 5.41) is 5.43. The minimum Gasteiger partial charge on any atom is -0.311 e. The van der Waals surface area contributed by atoms with Crippen LogP contribution in [-0.4, -0.2) is 24.5 Å². The van der Waals surface area contributed by atoms with Crippen molar-refractivity contribution in [1.29, 1.82) is 0 Å². The van der Waals surface area contributed by atoms with Gasteiger partial charge in [-0.1, -0.05) is 6.07 Å². The first kappa shape index (κ1) is 9.67. The molecule has 0 bridgehead atoms. The van der Waals surface area contributed by atoms with E-state index in [0.717, 1.165) is 5.69 Å². The van der Waals surface area contributed by atoms with Gasteiger partial charge in [0.2, 0.25) is 5.91 Å². The number of nitrogens with one attached hydrogen (secondary N) is 2. The number of aryl methyl sites for hydroxylation is 1. The highest BCUT2D eigenvalue weighted by atomic mass is 16.1. The number of carbonyl (C=O) groups is 1. The van der Waals surface area contributed by atoms with Gasteiger partial charge in [-0.25, -0.2) is 4.98 Å². The second-order valence-corrected chi connectivity index (χ2v) is 2.74. The van der Waals surface area contributed by atoms with Crippen molar-refractivity contribution in [3.63, 3.8) is 0 Å². The fraction of sp³-hybridized carbons (Fsp3) is 0.333. The van der Waals surface area contributed by atoms with Gasteiger partial charge in [0, 0.05) is 5.69 Å². The number of carbonyl (C=O) groups excluding carboxylic acids is 1. The molecule has 0 radical (unpaired) electrons. The molecule has 1 amide bonds. The molecule has 0 saturated heterocycles. The van der Waals surface area contributed by atoms with Crippen LogP contribution in [0.1, 0.15) is 5.69 Å². The van der Waals surface area contributed by atoms with Crippen LogP contribution in [0.4, 0.5) is 5.82 Å². The normalized spacial score (nSPS) is 9.69. The summed E-state index contributed by atoms with van der Waals surface area (Å²) < 4.78 is 0. The van der Waals surface area contributed by atoms with Gasteiger partial charge in [0.25, 0.3) is 0 Å². The maximum absolute atomic E-state index is 11.1. The van der Waals surface area contributed by atoms with E-state index in [1.54, 1.807) is 13.1 Å². The van der Waals surface area contributed by atoms with Gasteiger partial charge in [0.1, 0.15) is 5.82 Å². The lowest BCUT2D eigenvalue weighted by Crippen LogP contribution is -2.25. The van der Waals surface area contributed by atoms with Crippen LogP contribution in [0.3, 0.4) is 0 Å². The number of hydrogen-bond donors (Lipinski definition) is 2. The number of amides is 1. The predicted octanol–water partition coefficient (Wildman–Crippen LogP) is 0.548. The summed E-state index contributed by atoms with van der Waals surface area (Å²) >= 11 is 0. The van der Waals surface area contributed by atoms with E-state index >= 15 is 0 Å². The highest BCUT2D eigenvalue weighted by Gasteiger charge is 2.00. The number of pyridine rings is 1. The van der Waals surface area contributed by atoms with E-state index in [2.05, 4.69) is 15.6 Å². The Morgan fingerprint density at radius 3 is 2.92 bits per heavy atom. The average molecular weight is 179 g/mol. The monoisotopic (exact) mass is 179 g/mol. The van der Waals surface area contributed by atoms with Crippen LogP contribution >= 0.6 is 0 Å². The third kappa shape index (κ3) is 3.21. The summed E-state index contributed by atoms with van der Waals surface area (Å²) in [6.45, 7) is 2.18. The first-order valence-electron chi connectivity index (χ1n) is 4.10. The van der Waals surface area contributed by atoms with Crippen LogP contribution in [0.2, 0.25) is 0 Å². The lowest BCUT2D eigenvalue weighted by Gasteiger charge is -2.03. The predicted molar refractivity (Wildman–Crippen MR) is 51.5 cm³/mol. The Kier molecular flexibility index (Phi) is 3.40. The highest BCUT2D eigenvalue weighted by Crippen LogP contribution is 2.02. The van der Waals surface area contributed by atoms with E-state index in [1.165, 1.54) is 0 Å². The second kappa shape index (κ2) is 4.57. The zero-order chi connectivity index (χ0) is 9.68. The number of likely N-dealkylation sites (N-methyl/N-ethyl adjacent to an activating group) is 1. The molecule has 0 fully saturated rings. The van der Waals surface area contributed by atoms with Crippen molar-refractivity contribution in [3.05, 3.63) is 23.9 Å². The van der Waals surface area contributed by atoms with Crippen molar-refractivity contribution in [1.82, 2.24) is 10.3 Å². The number of hydrogen-bond acceptors (Lipinski definition) is 3. The molecule has 0 aliphatic carbocycles. The molecular weight excluding hydrogens is 166 g/mol. The van der Waals surface area contributed by atoms with Crippen molar-refractivity contribution in [2.45, 2.75) is 6.92 Å². The van der Waals surface area contributed by atoms with Gasteiger partial charge in [-0.15, -0.1) is 0 Å². The summed E-state index contributed by atoms with van der Waals surface area (Å²) in [5.41, 5.74) is 0.891. The van der Waals surface area contributed by atoms with E-state index < -0.39 is 0 Å². The Labute approximate surface area is 77.4 Å². The number of anilines is 1. The molecule has 0 aliphatic rings. The van der Waals surface area contributed by atoms with Crippen LogP contribution in [0.5, 0.6) is 0 Å². The van der Waals surface area contributed by atoms with E-state index in [-0.39, 0.29) is 5.91 Å². The lowest BCUT2D eigenvalue weighted by atomic mass is 10.4. The van der Waals surface area contributed by atoms with Gasteiger partial charge in [0.05, 0.1) is 6.54 Å². The van der Waals surface area contributed by atoms with Gasteiger partial charge >= 0.3 is 0 Å². The Hall–Kier alpha value is -1.42. The van der Waals surface area contributed by atoms with Gasteiger partial charge in [0.15, 0.2) is 0 Å². The topological polar surface area (TPSA) is 54.0 Å². The summed E-state index contributed by atoms with van der Waals surface area (Å²) in [6.07, 6.45) is 0. The molecule has 0 saturated carbocycles. The Balaban J connectivity index is 2.58. The van der Waals surface area contributed by atoms with E-state index in [0.29, 0.717) is 12.4 Å². The molecule has 2 N–H and O–H groups in total. The fourth-order valence-corrected chi connectivity index (χ4v) is 0.960. The molecule has 1 aromatic heterocycles. The zero-order valence-corrected chi connectivity index (χ0v) is 7.79. The number of nitrogens with zero attached hydrogens (tertiary/aromatic N) is 1. The molecule has 1 rings (SSSR count). The van der Waals surface area contributed by atoms with Crippen LogP contribution < -0.4 is 10.6 Å². The first-order chi connectivity index (χ1) is 6.22. The Bertz CT molecular complexity index is 299. The molecule has 13 heavy (non-hydrogen) atoms. The molecule has 1 heterocycles. The van der Waals surface area contributed by atoms with Crippen molar-refractivity contribution in [2.75, 3.05) is 18.9 Å². The smallest absolute Gasteiger partial charge is 0.239 e. The number of aromatic nitrogens is 1. The third-order valence-electron chi connectivity index (χ3n) is 1.49. The van der Waals surface area contributed by atoms with Crippen molar-refractivity contribution < 1.29 is 4.79 Å². The summed E-state index contributed by atoms with van der Waals surface area (Å²) in [4.78, 5) is 15.2. The van der Waals surface area contributed by atoms with Crippen LogP contribution in [0.15, 0.2) is 18.2 Å². The molecule has 0 aromatic carbocycles. The molecule has 4 nitrogen and oxygen atoms in total. The molecule has 0 atom stereocenters. The maximum atomic E-state index is 11.1. The average Bonchev–Trinajstić information content (AvgIpc) is 2.04. The van der Waals surface area contributed by atoms with Crippen molar-refractivity contribution >= 4 is 11.7 Å². The van der Waals surface area contributed by atoms with Gasteiger partial charge < -0.3 is 10.6 Å². The van der Waals surface area contributed by atoms with Crippen molar-refractivity contribution in [3.8, 4) is 0 Å². The molecule has 0 aliphatic heterocycles. The minimum absolute atomic E-state index is 0.0828. The van der Waals surface area contributed by atoms with Crippen LogP contribution in [0.25, 0.3) is 0 Å². The SMILES string of the molecule is CNCC(=O)Nc1cccc(C)n1. The van der Waals surface area contributed by atoms with Crippen LogP contribution in [-0.2, 0) is 4.79 Å². The largest absolute Gasteiger partial charge is 0.311 e. The molecular formula is C9H13N3O. The summed E-state index contributed by atoms with van der Waals surface area (Å²) in [6, 6.07) is 5.51. The fourth-order valence-electron chi connectivity index (χ4n) is 0.960. The van der Waals surface area contributed by atoms with Gasteiger partial charge in [-0.05, 0) is 26.1 Å². The van der Waals surface area contributed by atoms with E-state index in [1.807, 2.05) is 19.1 Å². The Morgan fingerprint density at radius 1 is 1.54 bits per heavy atom. The number of rotatable bonds is 3. The third-order valence-corrected chi connectivity index (χ3v) is 1.49. The molecule has 0 spiro atoms. The standard InChI is InChI=1S/C9H13N3O/c1-7-4-3-5-8(11-7)12-9(13)6-10-2/h3-5,10H,6H2,1-2H3,(H,11,12,13). The van der Waals surface area contributed by atoms with Crippen molar-refractivity contribution in [2.24, 2.45) is 0 Å². The van der Waals surface area contributed by atoms with Crippen LogP contribution in [0, 0.1) is 6.92 Å². The molecule has 1 aromatic rings. The maximum Gasteiger partial charge on any atom is 0.239 e. The summed E-state index contributed by atoms with van der Waals surface area (Å²) in [5.74, 6) is 0.515. The lowest BCUT2D eigenvalue weighted by molar-refractivity contribution is -0.115. The molecule has 4 heteroatoms. The van der Waals surface area contributed by atoms with Gasteiger partial charge in [-0.2, -0.15) is 0 Å². The zero-order valence-electron chi connectivity index (χ0n) is 7.79. The summed E-state index contributed by atoms with van der Waals surface area (Å²) in [7, 11) is 1.73. The highest BCUT2D eigenvalue weighted by molar-refractivity contribution is 5.91. The second-order valence-electron chi connectivity index (χ2n) is 2.74. The molecule has 70 valence electrons. The van der Waals surface area contributed by atoms with E-state index in [4.69, 9.17) is 0 Å². The minimum atomic E-state index is -0.0828.